The maximum absolute atomic E-state index is 11.9. The summed E-state index contributed by atoms with van der Waals surface area (Å²) in [4.78, 5) is 12.6. The number of rotatable bonds is 5. The predicted octanol–water partition coefficient (Wildman–Crippen LogP) is -0.182. The van der Waals surface area contributed by atoms with Crippen molar-refractivity contribution in [1.29, 1.82) is 0 Å². The third-order valence-electron chi connectivity index (χ3n) is 2.31. The number of anilines is 1. The molecule has 0 saturated carbocycles. The highest BCUT2D eigenvalue weighted by atomic mass is 32.2. The van der Waals surface area contributed by atoms with Gasteiger partial charge in [0.05, 0.1) is 5.69 Å². The number of benzene rings is 1. The Morgan fingerprint density at radius 1 is 1.26 bits per heavy atom. The van der Waals surface area contributed by atoms with Crippen molar-refractivity contribution in [2.75, 3.05) is 32.9 Å². The summed E-state index contributed by atoms with van der Waals surface area (Å²) in [5.74, 6) is 0. The first-order valence-corrected chi connectivity index (χ1v) is 7.12. The number of para-hydroxylation sites is 1. The van der Waals surface area contributed by atoms with E-state index in [0.29, 0.717) is 0 Å². The third-order valence-corrected chi connectivity index (χ3v) is 3.84. The molecular weight excluding hydrogens is 268 g/mol. The average Bonchev–Trinajstić information content (AvgIpc) is 2.34. The van der Waals surface area contributed by atoms with Crippen LogP contribution in [0.25, 0.3) is 0 Å². The van der Waals surface area contributed by atoms with Crippen LogP contribution in [-0.4, -0.2) is 46.5 Å². The van der Waals surface area contributed by atoms with E-state index in [2.05, 4.69) is 10.0 Å². The molecule has 0 aliphatic rings. The van der Waals surface area contributed by atoms with Crippen LogP contribution in [0.4, 0.5) is 10.5 Å². The number of nitrogens with zero attached hydrogens (tertiary/aromatic N) is 1. The summed E-state index contributed by atoms with van der Waals surface area (Å²) in [6.07, 6.45) is 0. The highest BCUT2D eigenvalue weighted by molar-refractivity contribution is 7.89. The van der Waals surface area contributed by atoms with Crippen molar-refractivity contribution in [3.63, 3.8) is 0 Å². The van der Waals surface area contributed by atoms with Crippen molar-refractivity contribution in [1.82, 2.24) is 14.9 Å². The van der Waals surface area contributed by atoms with Crippen LogP contribution in [0.15, 0.2) is 29.2 Å². The van der Waals surface area contributed by atoms with Gasteiger partial charge in [-0.25, -0.2) is 17.9 Å². The lowest BCUT2D eigenvalue weighted by Gasteiger charge is -2.12. The van der Waals surface area contributed by atoms with Crippen LogP contribution in [0.2, 0.25) is 0 Å². The molecule has 1 aromatic rings. The van der Waals surface area contributed by atoms with Crippen LogP contribution < -0.4 is 15.8 Å². The summed E-state index contributed by atoms with van der Waals surface area (Å²) < 4.78 is 26.2. The normalized spacial score (nSPS) is 11.1. The molecule has 0 saturated heterocycles. The number of nitrogens with two attached hydrogens (primary N) is 1. The van der Waals surface area contributed by atoms with Gasteiger partial charge in [0.25, 0.3) is 0 Å². The molecule has 0 fully saturated rings. The summed E-state index contributed by atoms with van der Waals surface area (Å²) in [6, 6.07) is 5.92. The molecule has 0 spiro atoms. The van der Waals surface area contributed by atoms with Gasteiger partial charge in [-0.3, -0.25) is 0 Å². The number of amides is 2. The fourth-order valence-corrected chi connectivity index (χ4v) is 2.48. The zero-order chi connectivity index (χ0) is 14.5. The molecule has 2 amide bonds. The molecule has 0 bridgehead atoms. The first-order valence-electron chi connectivity index (χ1n) is 5.64. The van der Waals surface area contributed by atoms with Crippen LogP contribution >= 0.6 is 0 Å². The molecule has 0 aliphatic carbocycles. The molecule has 4 N–H and O–H groups in total. The number of hydrogen-bond acceptors (Lipinski definition) is 4. The van der Waals surface area contributed by atoms with Gasteiger partial charge >= 0.3 is 6.03 Å². The SMILES string of the molecule is CN(C)C(=O)NCCNS(=O)(=O)c1ccccc1N. The van der Waals surface area contributed by atoms with E-state index in [0.717, 1.165) is 0 Å². The van der Waals surface area contributed by atoms with Crippen LogP contribution in [0.3, 0.4) is 0 Å². The summed E-state index contributed by atoms with van der Waals surface area (Å²) in [6.45, 7) is 0.291. The lowest BCUT2D eigenvalue weighted by molar-refractivity contribution is 0.217. The van der Waals surface area contributed by atoms with Crippen LogP contribution in [0, 0.1) is 0 Å². The van der Waals surface area contributed by atoms with Gasteiger partial charge in [-0.05, 0) is 12.1 Å². The number of nitrogens with one attached hydrogen (secondary N) is 2. The zero-order valence-electron chi connectivity index (χ0n) is 10.9. The molecule has 7 nitrogen and oxygen atoms in total. The van der Waals surface area contributed by atoms with Crippen molar-refractivity contribution in [2.24, 2.45) is 0 Å². The Hall–Kier alpha value is -1.80. The Morgan fingerprint density at radius 3 is 2.47 bits per heavy atom. The van der Waals surface area contributed by atoms with Crippen molar-refractivity contribution in [3.8, 4) is 0 Å². The number of hydrogen-bond donors (Lipinski definition) is 3. The number of carbonyl (C=O) groups is 1. The Kier molecular flexibility index (Phi) is 5.13. The average molecular weight is 286 g/mol. The van der Waals surface area contributed by atoms with E-state index in [1.54, 1.807) is 26.2 Å². The van der Waals surface area contributed by atoms with Crippen LogP contribution in [0.1, 0.15) is 0 Å². The summed E-state index contributed by atoms with van der Waals surface area (Å²) in [5, 5.41) is 2.55. The second kappa shape index (κ2) is 6.39. The fraction of sp³-hybridized carbons (Fsp3) is 0.364. The molecular formula is C11H18N4O3S. The minimum Gasteiger partial charge on any atom is -0.398 e. The Balaban J connectivity index is 2.53. The van der Waals surface area contributed by atoms with Crippen molar-refractivity contribution in [3.05, 3.63) is 24.3 Å². The largest absolute Gasteiger partial charge is 0.398 e. The third kappa shape index (κ3) is 4.42. The molecule has 1 rings (SSSR count). The van der Waals surface area contributed by atoms with Gasteiger partial charge in [0.1, 0.15) is 4.90 Å². The number of nitrogen functional groups attached to an aromatic ring is 1. The maximum Gasteiger partial charge on any atom is 0.316 e. The molecule has 0 atom stereocenters. The molecule has 19 heavy (non-hydrogen) atoms. The van der Waals surface area contributed by atoms with E-state index in [9.17, 15) is 13.2 Å². The van der Waals surface area contributed by atoms with E-state index in [4.69, 9.17) is 5.73 Å². The van der Waals surface area contributed by atoms with E-state index >= 15 is 0 Å². The number of sulfonamides is 1. The van der Waals surface area contributed by atoms with Crippen LogP contribution in [-0.2, 0) is 10.0 Å². The van der Waals surface area contributed by atoms with Crippen LogP contribution in [0.5, 0.6) is 0 Å². The highest BCUT2D eigenvalue weighted by Crippen LogP contribution is 2.16. The Labute approximate surface area is 112 Å². The van der Waals surface area contributed by atoms with Gasteiger partial charge in [-0.2, -0.15) is 0 Å². The summed E-state index contributed by atoms with van der Waals surface area (Å²) >= 11 is 0. The summed E-state index contributed by atoms with van der Waals surface area (Å²) in [7, 11) is -0.446. The lowest BCUT2D eigenvalue weighted by atomic mass is 10.3. The monoisotopic (exact) mass is 286 g/mol. The maximum atomic E-state index is 11.9. The molecule has 8 heteroatoms. The molecule has 0 radical (unpaired) electrons. The van der Waals surface area contributed by atoms with Gasteiger partial charge in [-0.15, -0.1) is 0 Å². The molecule has 0 unspecified atom stereocenters. The van der Waals surface area contributed by atoms with E-state index in [1.807, 2.05) is 0 Å². The first-order chi connectivity index (χ1) is 8.84. The lowest BCUT2D eigenvalue weighted by Crippen LogP contribution is -2.39. The standard InChI is InChI=1S/C11H18N4O3S/c1-15(2)11(16)13-7-8-14-19(17,18)10-6-4-3-5-9(10)12/h3-6,14H,7-8,12H2,1-2H3,(H,13,16). The fourth-order valence-electron chi connectivity index (χ4n) is 1.32. The van der Waals surface area contributed by atoms with Crippen molar-refractivity contribution in [2.45, 2.75) is 4.90 Å². The van der Waals surface area contributed by atoms with E-state index < -0.39 is 10.0 Å². The minimum absolute atomic E-state index is 0.0361. The molecule has 1 aromatic carbocycles. The predicted molar refractivity (Wildman–Crippen MR) is 73.1 cm³/mol. The topological polar surface area (TPSA) is 105 Å². The first kappa shape index (κ1) is 15.3. The van der Waals surface area contributed by atoms with E-state index in [1.165, 1.54) is 17.0 Å². The van der Waals surface area contributed by atoms with Gasteiger partial charge in [0, 0.05) is 27.2 Å². The van der Waals surface area contributed by atoms with Gasteiger partial charge in [0.2, 0.25) is 10.0 Å². The Bertz CT molecular complexity index is 543. The number of carbonyl (C=O) groups excluding carboxylic acids is 1. The van der Waals surface area contributed by atoms with Gasteiger partial charge in [0.15, 0.2) is 0 Å². The molecule has 0 aromatic heterocycles. The van der Waals surface area contributed by atoms with Crippen molar-refractivity contribution >= 4 is 21.7 Å². The quantitative estimate of drug-likeness (QED) is 0.516. The van der Waals surface area contributed by atoms with Gasteiger partial charge < -0.3 is 16.0 Å². The molecule has 106 valence electrons. The molecule has 0 heterocycles. The van der Waals surface area contributed by atoms with E-state index in [-0.39, 0.29) is 29.7 Å². The van der Waals surface area contributed by atoms with Gasteiger partial charge in [-0.1, -0.05) is 12.1 Å². The number of urea groups is 1. The smallest absolute Gasteiger partial charge is 0.316 e. The minimum atomic E-state index is -3.65. The zero-order valence-corrected chi connectivity index (χ0v) is 11.7. The summed E-state index contributed by atoms with van der Waals surface area (Å²) in [5.41, 5.74) is 5.79. The second-order valence-corrected chi connectivity index (χ2v) is 5.80. The van der Waals surface area contributed by atoms with Crippen molar-refractivity contribution < 1.29 is 13.2 Å². The molecule has 0 aliphatic heterocycles. The highest BCUT2D eigenvalue weighted by Gasteiger charge is 2.16. The second-order valence-electron chi connectivity index (χ2n) is 4.06. The Morgan fingerprint density at radius 2 is 1.89 bits per heavy atom.